The Morgan fingerprint density at radius 3 is 2.74 bits per heavy atom. The third kappa shape index (κ3) is 6.20. The predicted molar refractivity (Wildman–Crippen MR) is 152 cm³/mol. The largest absolute Gasteiger partial charge is 0.491 e. The molecule has 1 aliphatic carbocycles. The molecule has 1 aliphatic heterocycles. The van der Waals surface area contributed by atoms with E-state index in [1.807, 2.05) is 0 Å². The number of amides is 1. The summed E-state index contributed by atoms with van der Waals surface area (Å²) in [6.07, 6.45) is 8.77. The lowest BCUT2D eigenvalue weighted by atomic mass is 9.57. The summed E-state index contributed by atoms with van der Waals surface area (Å²) in [7, 11) is 2.20. The summed E-state index contributed by atoms with van der Waals surface area (Å²) in [6, 6.07) is 7.92. The maximum Gasteiger partial charge on any atom is 0.247 e. The standard InChI is InChI=1S/C28H31ClFN5O2.ClH/c1-3-26(36)34-24-13-20-23(31-17-32-27(20)33-19-4-5-22(30)21(29)12-19)14-25(24)37-11-6-18-15-28(16-18)7-9-35(2)10-8-28;/h3-5,12-14,17-18H,1,6-11,15-16H2,2H3,(H,34,36)(H,31,32,33);1H. The number of hydrogen-bond acceptors (Lipinski definition) is 6. The first-order chi connectivity index (χ1) is 17.8. The topological polar surface area (TPSA) is 79.4 Å². The van der Waals surface area contributed by atoms with Crippen molar-refractivity contribution in [1.29, 1.82) is 0 Å². The van der Waals surface area contributed by atoms with Gasteiger partial charge in [0.1, 0.15) is 23.7 Å². The van der Waals surface area contributed by atoms with Crippen molar-refractivity contribution in [2.45, 2.75) is 32.1 Å². The molecule has 2 N–H and O–H groups in total. The van der Waals surface area contributed by atoms with Crippen molar-refractivity contribution >= 4 is 58.0 Å². The van der Waals surface area contributed by atoms with E-state index in [2.05, 4.69) is 39.1 Å². The van der Waals surface area contributed by atoms with Crippen molar-refractivity contribution in [3.05, 3.63) is 60.2 Å². The van der Waals surface area contributed by atoms with Crippen molar-refractivity contribution in [3.63, 3.8) is 0 Å². The number of anilines is 3. The molecule has 1 spiro atoms. The highest BCUT2D eigenvalue weighted by atomic mass is 35.5. The number of benzene rings is 2. The Bertz CT molecular complexity index is 1320. The van der Waals surface area contributed by atoms with E-state index in [1.165, 1.54) is 63.3 Å². The number of nitrogens with one attached hydrogen (secondary N) is 2. The zero-order valence-corrected chi connectivity index (χ0v) is 22.9. The van der Waals surface area contributed by atoms with Gasteiger partial charge in [-0.05, 0) is 93.9 Å². The molecule has 2 aromatic carbocycles. The van der Waals surface area contributed by atoms with Crippen molar-refractivity contribution in [2.75, 3.05) is 37.4 Å². The summed E-state index contributed by atoms with van der Waals surface area (Å²) in [4.78, 5) is 23.3. The molecule has 202 valence electrons. The number of likely N-dealkylation sites (tertiary alicyclic amines) is 1. The van der Waals surface area contributed by atoms with Gasteiger partial charge in [-0.25, -0.2) is 14.4 Å². The summed E-state index contributed by atoms with van der Waals surface area (Å²) in [5.74, 6) is 0.871. The Morgan fingerprint density at radius 2 is 2.03 bits per heavy atom. The summed E-state index contributed by atoms with van der Waals surface area (Å²) in [5.41, 5.74) is 2.27. The second kappa shape index (κ2) is 11.8. The van der Waals surface area contributed by atoms with E-state index in [0.29, 0.717) is 51.8 Å². The normalized spacial score (nSPS) is 16.9. The van der Waals surface area contributed by atoms with Gasteiger partial charge in [0.25, 0.3) is 0 Å². The van der Waals surface area contributed by atoms with E-state index in [4.69, 9.17) is 16.3 Å². The summed E-state index contributed by atoms with van der Waals surface area (Å²) in [5, 5.41) is 6.66. The Kier molecular flexibility index (Phi) is 8.75. The molecule has 1 saturated heterocycles. The van der Waals surface area contributed by atoms with E-state index in [-0.39, 0.29) is 23.3 Å². The van der Waals surface area contributed by atoms with E-state index >= 15 is 0 Å². The van der Waals surface area contributed by atoms with E-state index < -0.39 is 5.82 Å². The Morgan fingerprint density at radius 1 is 1.26 bits per heavy atom. The van der Waals surface area contributed by atoms with Crippen LogP contribution in [-0.2, 0) is 4.79 Å². The van der Waals surface area contributed by atoms with E-state index in [0.717, 1.165) is 6.42 Å². The molecule has 7 nitrogen and oxygen atoms in total. The number of rotatable bonds is 8. The number of aromatic nitrogens is 2. The molecule has 10 heteroatoms. The van der Waals surface area contributed by atoms with Crippen LogP contribution in [0.1, 0.15) is 32.1 Å². The van der Waals surface area contributed by atoms with E-state index in [9.17, 15) is 9.18 Å². The molecule has 3 aromatic rings. The van der Waals surface area contributed by atoms with Crippen molar-refractivity contribution in [3.8, 4) is 5.75 Å². The summed E-state index contributed by atoms with van der Waals surface area (Å²) < 4.78 is 19.8. The minimum absolute atomic E-state index is 0. The molecular formula is C28H32Cl2FN5O2. The molecule has 1 aromatic heterocycles. The molecule has 0 bridgehead atoms. The van der Waals surface area contributed by atoms with Crippen LogP contribution in [-0.4, -0.2) is 47.5 Å². The Balaban J connectivity index is 0.00000336. The minimum Gasteiger partial charge on any atom is -0.491 e. The van der Waals surface area contributed by atoms with Crippen LogP contribution in [0.2, 0.25) is 5.02 Å². The van der Waals surface area contributed by atoms with Gasteiger partial charge in [0.15, 0.2) is 0 Å². The monoisotopic (exact) mass is 559 g/mol. The predicted octanol–water partition coefficient (Wildman–Crippen LogP) is 6.60. The number of piperidine rings is 1. The molecule has 0 unspecified atom stereocenters. The maximum absolute atomic E-state index is 13.6. The van der Waals surface area contributed by atoms with Gasteiger partial charge < -0.3 is 20.3 Å². The second-order valence-corrected chi connectivity index (χ2v) is 10.7. The average molecular weight is 561 g/mol. The lowest BCUT2D eigenvalue weighted by molar-refractivity contribution is -0.111. The zero-order valence-electron chi connectivity index (χ0n) is 21.3. The second-order valence-electron chi connectivity index (χ2n) is 10.2. The molecule has 2 heterocycles. The fourth-order valence-electron chi connectivity index (χ4n) is 5.50. The van der Waals surface area contributed by atoms with Gasteiger partial charge in [0.05, 0.1) is 22.8 Å². The van der Waals surface area contributed by atoms with Gasteiger partial charge in [-0.2, -0.15) is 0 Å². The van der Waals surface area contributed by atoms with Crippen LogP contribution < -0.4 is 15.4 Å². The van der Waals surface area contributed by atoms with Gasteiger partial charge in [0.2, 0.25) is 5.91 Å². The molecular weight excluding hydrogens is 528 g/mol. The van der Waals surface area contributed by atoms with Crippen molar-refractivity contribution < 1.29 is 13.9 Å². The third-order valence-electron chi connectivity index (χ3n) is 7.64. The van der Waals surface area contributed by atoms with E-state index in [1.54, 1.807) is 18.2 Å². The van der Waals surface area contributed by atoms with Crippen LogP contribution in [0.3, 0.4) is 0 Å². The summed E-state index contributed by atoms with van der Waals surface area (Å²) >= 11 is 5.93. The number of nitrogens with zero attached hydrogens (tertiary/aromatic N) is 3. The van der Waals surface area contributed by atoms with Gasteiger partial charge >= 0.3 is 0 Å². The number of halogens is 3. The zero-order chi connectivity index (χ0) is 26.0. The fraction of sp³-hybridized carbons (Fsp3) is 0.393. The number of fused-ring (bicyclic) bond motifs is 1. The first-order valence-electron chi connectivity index (χ1n) is 12.6. The van der Waals surface area contributed by atoms with Gasteiger partial charge in [-0.15, -0.1) is 12.4 Å². The Hall–Kier alpha value is -2.94. The average Bonchev–Trinajstić information content (AvgIpc) is 2.87. The quantitative estimate of drug-likeness (QED) is 0.302. The van der Waals surface area contributed by atoms with Crippen LogP contribution in [0.25, 0.3) is 10.9 Å². The van der Waals surface area contributed by atoms with Crippen LogP contribution >= 0.6 is 24.0 Å². The fourth-order valence-corrected chi connectivity index (χ4v) is 5.68. The van der Waals surface area contributed by atoms with Crippen LogP contribution in [0.15, 0.2) is 49.3 Å². The smallest absolute Gasteiger partial charge is 0.247 e. The van der Waals surface area contributed by atoms with Crippen molar-refractivity contribution in [2.24, 2.45) is 11.3 Å². The summed E-state index contributed by atoms with van der Waals surface area (Å²) in [6.45, 7) is 6.50. The Labute approximate surface area is 233 Å². The number of hydrogen-bond donors (Lipinski definition) is 2. The SMILES string of the molecule is C=CC(=O)Nc1cc2c(Nc3ccc(F)c(Cl)c3)ncnc2cc1OCCC1CC2(CCN(C)CC2)C1.Cl. The van der Waals surface area contributed by atoms with Crippen molar-refractivity contribution in [1.82, 2.24) is 14.9 Å². The number of ether oxygens (including phenoxy) is 1. The van der Waals surface area contributed by atoms with Crippen LogP contribution in [0, 0.1) is 17.2 Å². The highest BCUT2D eigenvalue weighted by Gasteiger charge is 2.44. The molecule has 2 fully saturated rings. The first-order valence-corrected chi connectivity index (χ1v) is 13.0. The third-order valence-corrected chi connectivity index (χ3v) is 7.93. The highest BCUT2D eigenvalue weighted by molar-refractivity contribution is 6.31. The van der Waals surface area contributed by atoms with Gasteiger partial charge in [-0.1, -0.05) is 18.2 Å². The first kappa shape index (κ1) is 28.1. The number of carbonyl (C=O) groups excluding carboxylic acids is 1. The molecule has 0 atom stereocenters. The molecule has 1 amide bonds. The van der Waals surface area contributed by atoms with Crippen LogP contribution in [0.4, 0.5) is 21.6 Å². The lowest BCUT2D eigenvalue weighted by Gasteiger charge is -2.52. The molecule has 5 rings (SSSR count). The maximum atomic E-state index is 13.6. The highest BCUT2D eigenvalue weighted by Crippen LogP contribution is 2.53. The molecule has 0 radical (unpaired) electrons. The molecule has 2 aliphatic rings. The van der Waals surface area contributed by atoms with Crippen LogP contribution in [0.5, 0.6) is 5.75 Å². The lowest BCUT2D eigenvalue weighted by Crippen LogP contribution is -2.46. The van der Waals surface area contributed by atoms with Gasteiger partial charge in [0, 0.05) is 17.1 Å². The number of carbonyl (C=O) groups is 1. The molecule has 38 heavy (non-hydrogen) atoms. The minimum atomic E-state index is -0.501. The molecule has 1 saturated carbocycles. The van der Waals surface area contributed by atoms with Gasteiger partial charge in [-0.3, -0.25) is 4.79 Å².